The van der Waals surface area contributed by atoms with E-state index in [2.05, 4.69) is 20.5 Å². The minimum atomic E-state index is -0.787. The van der Waals surface area contributed by atoms with Crippen LogP contribution in [-0.4, -0.2) is 56.1 Å². The number of nitrogens with zero attached hydrogens (tertiary/aromatic N) is 4. The molecule has 30 heavy (non-hydrogen) atoms. The van der Waals surface area contributed by atoms with Gasteiger partial charge in [-0.3, -0.25) is 14.4 Å². The molecule has 2 N–H and O–H groups in total. The van der Waals surface area contributed by atoms with Gasteiger partial charge in [-0.2, -0.15) is 0 Å². The van der Waals surface area contributed by atoms with Crippen LogP contribution >= 0.6 is 0 Å². The van der Waals surface area contributed by atoms with Gasteiger partial charge in [0.25, 0.3) is 0 Å². The van der Waals surface area contributed by atoms with Crippen LogP contribution in [0, 0.1) is 11.8 Å². The van der Waals surface area contributed by atoms with Gasteiger partial charge < -0.3 is 10.4 Å². The van der Waals surface area contributed by atoms with Gasteiger partial charge in [-0.25, -0.2) is 0 Å². The van der Waals surface area contributed by atoms with E-state index in [0.717, 1.165) is 76.7 Å². The summed E-state index contributed by atoms with van der Waals surface area (Å²) in [4.78, 5) is 15.4. The number of hydrogen-bond acceptors (Lipinski definition) is 5. The average Bonchev–Trinajstić information content (AvgIpc) is 3.25. The Bertz CT molecular complexity index is 738. The highest BCUT2D eigenvalue weighted by atomic mass is 16.3. The number of aliphatic hydroxyl groups is 1. The third kappa shape index (κ3) is 4.15. The zero-order valence-electron chi connectivity index (χ0n) is 18.1. The standard InChI is InChI=1S/C23H37N5O2/c29-22(24-18-7-3-1-4-8-18)20-15-27-12-9-17(20)13-19(27)14-28-16-21(25-26-28)23(30)10-5-2-6-11-23/h16-20,30H,1-15H2,(H,24,29). The van der Waals surface area contributed by atoms with Crippen LogP contribution in [0.2, 0.25) is 0 Å². The number of piperidine rings is 3. The Labute approximate surface area is 179 Å². The van der Waals surface area contributed by atoms with Crippen LogP contribution < -0.4 is 5.32 Å². The molecule has 5 fully saturated rings. The molecule has 0 radical (unpaired) electrons. The van der Waals surface area contributed by atoms with E-state index >= 15 is 0 Å². The van der Waals surface area contributed by atoms with Crippen molar-refractivity contribution in [2.75, 3.05) is 13.1 Å². The minimum absolute atomic E-state index is 0.145. The molecule has 2 saturated carbocycles. The number of amides is 1. The maximum atomic E-state index is 12.9. The fraction of sp³-hybridized carbons (Fsp3) is 0.870. The first-order valence-corrected chi connectivity index (χ1v) is 12.3. The second-order valence-corrected chi connectivity index (χ2v) is 10.3. The van der Waals surface area contributed by atoms with Gasteiger partial charge in [0.15, 0.2) is 0 Å². The number of aromatic nitrogens is 3. The van der Waals surface area contributed by atoms with Crippen molar-refractivity contribution >= 4 is 5.91 Å². The molecule has 4 heterocycles. The van der Waals surface area contributed by atoms with Gasteiger partial charge in [-0.05, 0) is 51.0 Å². The Hall–Kier alpha value is -1.47. The van der Waals surface area contributed by atoms with Crippen molar-refractivity contribution in [2.24, 2.45) is 11.8 Å². The molecule has 7 heteroatoms. The molecule has 4 unspecified atom stereocenters. The summed E-state index contributed by atoms with van der Waals surface area (Å²) < 4.78 is 1.92. The number of fused-ring (bicyclic) bond motifs is 3. The molecular weight excluding hydrogens is 378 g/mol. The molecule has 0 aromatic carbocycles. The van der Waals surface area contributed by atoms with Crippen LogP contribution in [0.4, 0.5) is 0 Å². The van der Waals surface area contributed by atoms with E-state index in [-0.39, 0.29) is 11.8 Å². The maximum absolute atomic E-state index is 12.9. The van der Waals surface area contributed by atoms with Gasteiger partial charge in [-0.15, -0.1) is 5.10 Å². The molecule has 166 valence electrons. The zero-order chi connectivity index (χ0) is 20.6. The summed E-state index contributed by atoms with van der Waals surface area (Å²) in [5, 5.41) is 23.0. The van der Waals surface area contributed by atoms with Crippen molar-refractivity contribution in [3.8, 4) is 0 Å². The Morgan fingerprint density at radius 1 is 1.13 bits per heavy atom. The fourth-order valence-corrected chi connectivity index (χ4v) is 6.39. The van der Waals surface area contributed by atoms with Gasteiger partial charge in [0.2, 0.25) is 5.91 Å². The number of carbonyl (C=O) groups excluding carboxylic acids is 1. The number of hydrogen-bond donors (Lipinski definition) is 2. The summed E-state index contributed by atoms with van der Waals surface area (Å²) in [6, 6.07) is 0.815. The molecule has 1 aromatic rings. The zero-order valence-corrected chi connectivity index (χ0v) is 18.1. The van der Waals surface area contributed by atoms with Crippen molar-refractivity contribution in [1.29, 1.82) is 0 Å². The normalized spacial score (nSPS) is 34.0. The summed E-state index contributed by atoms with van der Waals surface area (Å²) in [7, 11) is 0. The molecule has 2 aliphatic carbocycles. The molecular formula is C23H37N5O2. The first kappa shape index (κ1) is 20.4. The Morgan fingerprint density at radius 3 is 2.63 bits per heavy atom. The Balaban J connectivity index is 1.18. The minimum Gasteiger partial charge on any atom is -0.383 e. The number of nitrogens with one attached hydrogen (secondary N) is 1. The van der Waals surface area contributed by atoms with E-state index in [1.54, 1.807) is 0 Å². The van der Waals surface area contributed by atoms with Crippen molar-refractivity contribution in [1.82, 2.24) is 25.2 Å². The second-order valence-electron chi connectivity index (χ2n) is 10.3. The highest BCUT2D eigenvalue weighted by Crippen LogP contribution is 2.38. The molecule has 5 aliphatic rings. The summed E-state index contributed by atoms with van der Waals surface area (Å²) in [6.45, 7) is 2.75. The van der Waals surface area contributed by atoms with E-state index in [1.807, 2.05) is 10.9 Å². The first-order chi connectivity index (χ1) is 14.6. The smallest absolute Gasteiger partial charge is 0.224 e. The van der Waals surface area contributed by atoms with Crippen LogP contribution in [0.3, 0.4) is 0 Å². The molecule has 0 spiro atoms. The lowest BCUT2D eigenvalue weighted by molar-refractivity contribution is -0.134. The lowest BCUT2D eigenvalue weighted by atomic mass is 9.75. The largest absolute Gasteiger partial charge is 0.383 e. The molecule has 3 saturated heterocycles. The molecule has 3 aliphatic heterocycles. The number of carbonyl (C=O) groups is 1. The van der Waals surface area contributed by atoms with Crippen LogP contribution in [-0.2, 0) is 16.9 Å². The van der Waals surface area contributed by atoms with Gasteiger partial charge in [0.05, 0.1) is 18.7 Å². The molecule has 2 bridgehead atoms. The van der Waals surface area contributed by atoms with Gasteiger partial charge >= 0.3 is 0 Å². The molecule has 6 rings (SSSR count). The van der Waals surface area contributed by atoms with Gasteiger partial charge in [0, 0.05) is 18.6 Å². The Kier molecular flexibility index (Phi) is 5.84. The van der Waals surface area contributed by atoms with Crippen molar-refractivity contribution in [3.05, 3.63) is 11.9 Å². The van der Waals surface area contributed by atoms with Crippen LogP contribution in [0.15, 0.2) is 6.20 Å². The second kappa shape index (κ2) is 8.58. The average molecular weight is 416 g/mol. The van der Waals surface area contributed by atoms with Crippen molar-refractivity contribution in [3.63, 3.8) is 0 Å². The van der Waals surface area contributed by atoms with Crippen LogP contribution in [0.25, 0.3) is 0 Å². The third-order valence-electron chi connectivity index (χ3n) is 8.26. The maximum Gasteiger partial charge on any atom is 0.224 e. The monoisotopic (exact) mass is 415 g/mol. The van der Waals surface area contributed by atoms with Crippen LogP contribution in [0.1, 0.15) is 82.7 Å². The molecule has 4 atom stereocenters. The van der Waals surface area contributed by atoms with Crippen molar-refractivity contribution < 1.29 is 9.90 Å². The first-order valence-electron chi connectivity index (χ1n) is 12.3. The van der Waals surface area contributed by atoms with E-state index in [9.17, 15) is 9.90 Å². The van der Waals surface area contributed by atoms with Gasteiger partial charge in [-0.1, -0.05) is 43.7 Å². The fourth-order valence-electron chi connectivity index (χ4n) is 6.39. The topological polar surface area (TPSA) is 83.3 Å². The third-order valence-corrected chi connectivity index (χ3v) is 8.26. The van der Waals surface area contributed by atoms with E-state index in [4.69, 9.17) is 0 Å². The highest BCUT2D eigenvalue weighted by molar-refractivity contribution is 5.79. The number of rotatable bonds is 5. The SMILES string of the molecule is O=C(NC1CCCCC1)C1CN2CCC1CC2Cn1cc(C2(O)CCCCC2)nn1. The van der Waals surface area contributed by atoms with E-state index < -0.39 is 5.60 Å². The summed E-state index contributed by atoms with van der Waals surface area (Å²) in [5.74, 6) is 0.915. The Morgan fingerprint density at radius 2 is 1.90 bits per heavy atom. The van der Waals surface area contributed by atoms with E-state index in [0.29, 0.717) is 18.0 Å². The summed E-state index contributed by atoms with van der Waals surface area (Å²) >= 11 is 0. The van der Waals surface area contributed by atoms with Gasteiger partial charge in [0.1, 0.15) is 11.3 Å². The lowest BCUT2D eigenvalue weighted by Gasteiger charge is -2.49. The molecule has 1 amide bonds. The quantitative estimate of drug-likeness (QED) is 0.772. The predicted molar refractivity (Wildman–Crippen MR) is 114 cm³/mol. The molecule has 7 nitrogen and oxygen atoms in total. The predicted octanol–water partition coefficient (Wildman–Crippen LogP) is 2.59. The van der Waals surface area contributed by atoms with E-state index in [1.165, 1.54) is 25.7 Å². The van der Waals surface area contributed by atoms with Crippen LogP contribution in [0.5, 0.6) is 0 Å². The highest BCUT2D eigenvalue weighted by Gasteiger charge is 2.44. The summed E-state index contributed by atoms with van der Waals surface area (Å²) in [5.41, 5.74) is -0.0482. The summed E-state index contributed by atoms with van der Waals surface area (Å²) in [6.07, 6.45) is 15.2. The molecule has 1 aromatic heterocycles. The lowest BCUT2D eigenvalue weighted by Crippen LogP contribution is -2.58. The van der Waals surface area contributed by atoms with Crippen molar-refractivity contribution in [2.45, 2.75) is 101 Å².